The molecule has 0 aliphatic rings. The number of hydrogen-bond donors (Lipinski definition) is 4. The summed E-state index contributed by atoms with van der Waals surface area (Å²) in [7, 11) is -1.49. The zero-order valence-corrected chi connectivity index (χ0v) is 18.6. The fraction of sp³-hybridized carbons (Fsp3) is 0.250. The number of aryl methyl sites for hydroxylation is 1. The van der Waals surface area contributed by atoms with E-state index in [0.29, 0.717) is 24.5 Å². The van der Waals surface area contributed by atoms with Crippen LogP contribution in [0.4, 0.5) is 5.82 Å². The molecule has 0 radical (unpaired) electrons. The molecule has 2 heterocycles. The monoisotopic (exact) mass is 429 g/mol. The van der Waals surface area contributed by atoms with Crippen LogP contribution in [0, 0.1) is 6.92 Å². The van der Waals surface area contributed by atoms with Crippen molar-refractivity contribution in [2.45, 2.75) is 39.8 Å². The van der Waals surface area contributed by atoms with Gasteiger partial charge in [0, 0.05) is 35.9 Å². The number of rotatable bonds is 7. The molecular formula is C24H28BN5O2. The van der Waals surface area contributed by atoms with Gasteiger partial charge in [0.25, 0.3) is 0 Å². The Morgan fingerprint density at radius 1 is 1.12 bits per heavy atom. The Bertz CT molecular complexity index is 1250. The number of fused-ring (bicyclic) bond motifs is 1. The van der Waals surface area contributed by atoms with Crippen LogP contribution in [0.3, 0.4) is 0 Å². The lowest BCUT2D eigenvalue weighted by Crippen LogP contribution is -2.30. The molecule has 5 N–H and O–H groups in total. The summed E-state index contributed by atoms with van der Waals surface area (Å²) in [5.41, 5.74) is 11.5. The van der Waals surface area contributed by atoms with Crippen LogP contribution in [0.25, 0.3) is 16.9 Å². The van der Waals surface area contributed by atoms with Gasteiger partial charge in [-0.2, -0.15) is 4.98 Å². The Morgan fingerprint density at radius 2 is 1.91 bits per heavy atom. The highest BCUT2D eigenvalue weighted by atomic mass is 16.4. The van der Waals surface area contributed by atoms with Gasteiger partial charge in [-0.05, 0) is 41.6 Å². The van der Waals surface area contributed by atoms with Gasteiger partial charge in [0.2, 0.25) is 5.95 Å². The Balaban J connectivity index is 1.73. The van der Waals surface area contributed by atoms with Gasteiger partial charge in [-0.25, -0.2) is 4.98 Å². The van der Waals surface area contributed by atoms with Crippen molar-refractivity contribution in [2.24, 2.45) is 5.73 Å². The van der Waals surface area contributed by atoms with Gasteiger partial charge < -0.3 is 21.1 Å². The van der Waals surface area contributed by atoms with E-state index in [-0.39, 0.29) is 5.92 Å². The van der Waals surface area contributed by atoms with Crippen LogP contribution < -0.4 is 16.5 Å². The third-order valence-electron chi connectivity index (χ3n) is 5.68. The Labute approximate surface area is 188 Å². The summed E-state index contributed by atoms with van der Waals surface area (Å²) in [6.07, 6.45) is 1.88. The molecule has 0 bridgehead atoms. The number of nitrogens with zero attached hydrogens (tertiary/aromatic N) is 3. The van der Waals surface area contributed by atoms with Crippen molar-refractivity contribution in [2.75, 3.05) is 5.32 Å². The molecule has 4 rings (SSSR count). The minimum atomic E-state index is -1.49. The molecule has 0 atom stereocenters. The Morgan fingerprint density at radius 3 is 2.62 bits per heavy atom. The van der Waals surface area contributed by atoms with Crippen LogP contribution in [0.1, 0.15) is 42.1 Å². The van der Waals surface area contributed by atoms with E-state index in [1.807, 2.05) is 42.0 Å². The second-order valence-electron chi connectivity index (χ2n) is 8.28. The zero-order valence-electron chi connectivity index (χ0n) is 18.6. The number of aromatic nitrogens is 3. The molecule has 0 amide bonds. The summed E-state index contributed by atoms with van der Waals surface area (Å²) in [5, 5.41) is 23.4. The standard InChI is InChI=1S/C24H28BN5O2/c1-15(2)21-14-28-24(30-16(3)10-20-18(12-26)7-5-9-22(20)30)29-23(21)27-13-17-6-4-8-19(11-17)25(31)32/h4-11,14-15,31-32H,12-13,26H2,1-3H3,(H,27,28,29). The Kier molecular flexibility index (Phi) is 6.27. The summed E-state index contributed by atoms with van der Waals surface area (Å²) in [6.45, 7) is 7.23. The molecule has 0 aliphatic heterocycles. The maximum absolute atomic E-state index is 9.45. The third kappa shape index (κ3) is 4.25. The van der Waals surface area contributed by atoms with E-state index in [9.17, 15) is 10.0 Å². The second-order valence-corrected chi connectivity index (χ2v) is 8.28. The topological polar surface area (TPSA) is 109 Å². The summed E-state index contributed by atoms with van der Waals surface area (Å²) in [6, 6.07) is 15.4. The second kappa shape index (κ2) is 9.12. The number of anilines is 1. The normalized spacial score (nSPS) is 11.3. The largest absolute Gasteiger partial charge is 0.488 e. The summed E-state index contributed by atoms with van der Waals surface area (Å²) >= 11 is 0. The lowest BCUT2D eigenvalue weighted by molar-refractivity contribution is 0.425. The van der Waals surface area contributed by atoms with Crippen LogP contribution in [0.5, 0.6) is 0 Å². The predicted octanol–water partition coefficient (Wildman–Crippen LogP) is 2.60. The van der Waals surface area contributed by atoms with E-state index < -0.39 is 7.12 Å². The molecule has 4 aromatic rings. The minimum absolute atomic E-state index is 0.239. The van der Waals surface area contributed by atoms with Crippen molar-refractivity contribution in [1.29, 1.82) is 0 Å². The molecule has 2 aromatic carbocycles. The van der Waals surface area contributed by atoms with Crippen molar-refractivity contribution in [3.63, 3.8) is 0 Å². The van der Waals surface area contributed by atoms with Crippen LogP contribution in [0.15, 0.2) is 54.7 Å². The van der Waals surface area contributed by atoms with Gasteiger partial charge >= 0.3 is 7.12 Å². The molecule has 0 spiro atoms. The fourth-order valence-electron chi connectivity index (χ4n) is 3.97. The highest BCUT2D eigenvalue weighted by Crippen LogP contribution is 2.28. The SMILES string of the molecule is Cc1cc2c(CN)cccc2n1-c1ncc(C(C)C)c(NCc2cccc(B(O)O)c2)n1. The average molecular weight is 429 g/mol. The van der Waals surface area contributed by atoms with Gasteiger partial charge in [0.05, 0.1) is 5.52 Å². The molecule has 164 valence electrons. The maximum Gasteiger partial charge on any atom is 0.488 e. The van der Waals surface area contributed by atoms with Crippen molar-refractivity contribution in [1.82, 2.24) is 14.5 Å². The fourth-order valence-corrected chi connectivity index (χ4v) is 3.97. The van der Waals surface area contributed by atoms with Crippen LogP contribution >= 0.6 is 0 Å². The van der Waals surface area contributed by atoms with Crippen molar-refractivity contribution in [3.05, 3.63) is 77.1 Å². The highest BCUT2D eigenvalue weighted by molar-refractivity contribution is 6.58. The van der Waals surface area contributed by atoms with E-state index >= 15 is 0 Å². The van der Waals surface area contributed by atoms with Gasteiger partial charge in [0.1, 0.15) is 5.82 Å². The van der Waals surface area contributed by atoms with Crippen molar-refractivity contribution < 1.29 is 10.0 Å². The van der Waals surface area contributed by atoms with E-state index in [0.717, 1.165) is 39.1 Å². The molecule has 0 saturated carbocycles. The smallest absolute Gasteiger partial charge is 0.423 e. The number of hydrogen-bond acceptors (Lipinski definition) is 6. The highest BCUT2D eigenvalue weighted by Gasteiger charge is 2.16. The predicted molar refractivity (Wildman–Crippen MR) is 129 cm³/mol. The van der Waals surface area contributed by atoms with E-state index in [1.54, 1.807) is 12.1 Å². The summed E-state index contributed by atoms with van der Waals surface area (Å²) in [5.74, 6) is 1.60. The molecule has 2 aromatic heterocycles. The first kappa shape index (κ1) is 22.0. The van der Waals surface area contributed by atoms with Crippen molar-refractivity contribution >= 4 is 29.3 Å². The van der Waals surface area contributed by atoms with Crippen molar-refractivity contribution in [3.8, 4) is 5.95 Å². The van der Waals surface area contributed by atoms with Gasteiger partial charge in [-0.3, -0.25) is 4.57 Å². The molecule has 0 unspecified atom stereocenters. The lowest BCUT2D eigenvalue weighted by Gasteiger charge is -2.16. The van der Waals surface area contributed by atoms with Crippen LogP contribution in [0.2, 0.25) is 0 Å². The Hall–Kier alpha value is -3.20. The van der Waals surface area contributed by atoms with E-state index in [1.165, 1.54) is 0 Å². The quantitative estimate of drug-likeness (QED) is 0.337. The molecular weight excluding hydrogens is 401 g/mol. The van der Waals surface area contributed by atoms with E-state index in [2.05, 4.69) is 36.3 Å². The maximum atomic E-state index is 9.45. The first-order valence-electron chi connectivity index (χ1n) is 10.7. The first-order chi connectivity index (χ1) is 15.4. The first-order valence-corrected chi connectivity index (χ1v) is 10.7. The van der Waals surface area contributed by atoms with Gasteiger partial charge in [-0.15, -0.1) is 0 Å². The van der Waals surface area contributed by atoms with Crippen LogP contribution in [-0.2, 0) is 13.1 Å². The minimum Gasteiger partial charge on any atom is -0.423 e. The third-order valence-corrected chi connectivity index (χ3v) is 5.68. The van der Waals surface area contributed by atoms with E-state index in [4.69, 9.17) is 10.7 Å². The molecule has 7 nitrogen and oxygen atoms in total. The zero-order chi connectivity index (χ0) is 22.8. The molecule has 32 heavy (non-hydrogen) atoms. The average Bonchev–Trinajstić information content (AvgIpc) is 3.13. The number of benzene rings is 2. The summed E-state index contributed by atoms with van der Waals surface area (Å²) in [4.78, 5) is 9.56. The molecule has 0 saturated heterocycles. The summed E-state index contributed by atoms with van der Waals surface area (Å²) < 4.78 is 2.05. The number of nitrogens with one attached hydrogen (secondary N) is 1. The lowest BCUT2D eigenvalue weighted by atomic mass is 9.79. The van der Waals surface area contributed by atoms with Gasteiger partial charge in [-0.1, -0.05) is 50.2 Å². The van der Waals surface area contributed by atoms with Crippen LogP contribution in [-0.4, -0.2) is 31.7 Å². The molecule has 0 aliphatic carbocycles. The molecule has 8 heteroatoms. The molecule has 0 fully saturated rings. The number of nitrogens with two attached hydrogens (primary N) is 1. The van der Waals surface area contributed by atoms with Gasteiger partial charge in [0.15, 0.2) is 0 Å².